The summed E-state index contributed by atoms with van der Waals surface area (Å²) in [5.41, 5.74) is 2.00. The Morgan fingerprint density at radius 1 is 1.35 bits per heavy atom. The molecule has 17 heavy (non-hydrogen) atoms. The van der Waals surface area contributed by atoms with E-state index in [1.807, 2.05) is 19.2 Å². The molecule has 0 aliphatic heterocycles. The molecule has 4 nitrogen and oxygen atoms in total. The lowest BCUT2D eigenvalue weighted by molar-refractivity contribution is 1.06. The Hall–Kier alpha value is -1.49. The van der Waals surface area contributed by atoms with Gasteiger partial charge in [-0.2, -0.15) is 0 Å². The standard InChI is InChI=1S/C12H13BrN4/c1-3-8-5-4-6-15-10(8)12-16-7-9(13)11(14-2)17-12/h4-7H,3H2,1-2H3,(H,14,16,17). The predicted octanol–water partition coefficient (Wildman–Crippen LogP) is 2.91. The number of rotatable bonds is 3. The molecule has 0 spiro atoms. The van der Waals surface area contributed by atoms with Crippen LogP contribution in [0.5, 0.6) is 0 Å². The molecule has 0 aliphatic rings. The summed E-state index contributed by atoms with van der Waals surface area (Å²) >= 11 is 3.39. The third kappa shape index (κ3) is 2.44. The molecule has 0 fully saturated rings. The fourth-order valence-corrected chi connectivity index (χ4v) is 1.97. The fraction of sp³-hybridized carbons (Fsp3) is 0.250. The Morgan fingerprint density at radius 3 is 2.88 bits per heavy atom. The first-order chi connectivity index (χ1) is 8.26. The molecule has 0 unspecified atom stereocenters. The van der Waals surface area contributed by atoms with Crippen molar-refractivity contribution in [2.45, 2.75) is 13.3 Å². The fourth-order valence-electron chi connectivity index (χ4n) is 1.58. The summed E-state index contributed by atoms with van der Waals surface area (Å²) in [5, 5.41) is 3.02. The summed E-state index contributed by atoms with van der Waals surface area (Å²) in [4.78, 5) is 13.1. The van der Waals surface area contributed by atoms with Crippen LogP contribution in [0, 0.1) is 0 Å². The molecule has 2 aromatic heterocycles. The second-order valence-corrected chi connectivity index (χ2v) is 4.36. The monoisotopic (exact) mass is 292 g/mol. The number of aromatic nitrogens is 3. The Labute approximate surface area is 109 Å². The lowest BCUT2D eigenvalue weighted by Gasteiger charge is -2.07. The molecule has 2 heterocycles. The van der Waals surface area contributed by atoms with E-state index in [9.17, 15) is 0 Å². The van der Waals surface area contributed by atoms with E-state index in [0.717, 1.165) is 28.0 Å². The van der Waals surface area contributed by atoms with Crippen molar-refractivity contribution in [1.29, 1.82) is 0 Å². The van der Waals surface area contributed by atoms with Gasteiger partial charge in [-0.15, -0.1) is 0 Å². The zero-order chi connectivity index (χ0) is 12.3. The van der Waals surface area contributed by atoms with Gasteiger partial charge < -0.3 is 5.32 Å². The Kier molecular flexibility index (Phi) is 3.68. The van der Waals surface area contributed by atoms with Crippen LogP contribution < -0.4 is 5.32 Å². The zero-order valence-electron chi connectivity index (χ0n) is 9.74. The van der Waals surface area contributed by atoms with E-state index in [1.165, 1.54) is 0 Å². The number of hydrogen-bond acceptors (Lipinski definition) is 4. The first kappa shape index (κ1) is 12.0. The highest BCUT2D eigenvalue weighted by Gasteiger charge is 2.10. The summed E-state index contributed by atoms with van der Waals surface area (Å²) in [5.74, 6) is 1.41. The smallest absolute Gasteiger partial charge is 0.180 e. The van der Waals surface area contributed by atoms with Crippen molar-refractivity contribution in [3.8, 4) is 11.5 Å². The van der Waals surface area contributed by atoms with Gasteiger partial charge in [0, 0.05) is 19.4 Å². The van der Waals surface area contributed by atoms with Gasteiger partial charge in [0.1, 0.15) is 11.5 Å². The van der Waals surface area contributed by atoms with Crippen LogP contribution in [-0.4, -0.2) is 22.0 Å². The third-order valence-electron chi connectivity index (χ3n) is 2.46. The summed E-state index contributed by atoms with van der Waals surface area (Å²) < 4.78 is 0.845. The Balaban J connectivity index is 2.53. The number of anilines is 1. The lowest BCUT2D eigenvalue weighted by atomic mass is 10.1. The van der Waals surface area contributed by atoms with Crippen LogP contribution in [0.4, 0.5) is 5.82 Å². The summed E-state index contributed by atoms with van der Waals surface area (Å²) in [7, 11) is 1.83. The number of nitrogens with one attached hydrogen (secondary N) is 1. The van der Waals surface area contributed by atoms with Crippen molar-refractivity contribution in [2.24, 2.45) is 0 Å². The highest BCUT2D eigenvalue weighted by molar-refractivity contribution is 9.10. The van der Waals surface area contributed by atoms with E-state index in [-0.39, 0.29) is 0 Å². The van der Waals surface area contributed by atoms with E-state index < -0.39 is 0 Å². The second kappa shape index (κ2) is 5.23. The van der Waals surface area contributed by atoms with E-state index >= 15 is 0 Å². The molecule has 0 atom stereocenters. The normalized spacial score (nSPS) is 10.3. The van der Waals surface area contributed by atoms with Gasteiger partial charge in [-0.3, -0.25) is 4.98 Å². The number of nitrogens with zero attached hydrogens (tertiary/aromatic N) is 3. The maximum atomic E-state index is 4.44. The molecule has 0 saturated carbocycles. The predicted molar refractivity (Wildman–Crippen MR) is 71.9 cm³/mol. The third-order valence-corrected chi connectivity index (χ3v) is 3.05. The highest BCUT2D eigenvalue weighted by Crippen LogP contribution is 2.23. The molecule has 0 aliphatic carbocycles. The summed E-state index contributed by atoms with van der Waals surface area (Å²) in [6.45, 7) is 2.10. The average Bonchev–Trinajstić information content (AvgIpc) is 2.39. The van der Waals surface area contributed by atoms with Crippen molar-refractivity contribution in [3.63, 3.8) is 0 Å². The number of pyridine rings is 1. The largest absolute Gasteiger partial charge is 0.372 e. The van der Waals surface area contributed by atoms with Gasteiger partial charge in [0.15, 0.2) is 5.82 Å². The topological polar surface area (TPSA) is 50.7 Å². The molecule has 88 valence electrons. The van der Waals surface area contributed by atoms with Crippen LogP contribution in [0.3, 0.4) is 0 Å². The van der Waals surface area contributed by atoms with Gasteiger partial charge in [-0.1, -0.05) is 13.0 Å². The first-order valence-corrected chi connectivity index (χ1v) is 6.20. The van der Waals surface area contributed by atoms with E-state index in [2.05, 4.69) is 43.1 Å². The SMILES string of the molecule is CCc1cccnc1-c1ncc(Br)c(NC)n1. The van der Waals surface area contributed by atoms with Crippen molar-refractivity contribution in [2.75, 3.05) is 12.4 Å². The van der Waals surface area contributed by atoms with Crippen LogP contribution in [0.2, 0.25) is 0 Å². The second-order valence-electron chi connectivity index (χ2n) is 3.50. The summed E-state index contributed by atoms with van der Waals surface area (Å²) in [6, 6.07) is 3.98. The highest BCUT2D eigenvalue weighted by atomic mass is 79.9. The molecule has 2 aromatic rings. The number of hydrogen-bond donors (Lipinski definition) is 1. The minimum Gasteiger partial charge on any atom is -0.372 e. The molecule has 0 aromatic carbocycles. The Morgan fingerprint density at radius 2 is 2.18 bits per heavy atom. The van der Waals surface area contributed by atoms with Crippen molar-refractivity contribution < 1.29 is 0 Å². The van der Waals surface area contributed by atoms with Crippen molar-refractivity contribution in [3.05, 3.63) is 34.6 Å². The zero-order valence-corrected chi connectivity index (χ0v) is 11.3. The van der Waals surface area contributed by atoms with Crippen LogP contribution in [0.15, 0.2) is 29.0 Å². The molecule has 1 N–H and O–H groups in total. The van der Waals surface area contributed by atoms with Crippen molar-refractivity contribution >= 4 is 21.7 Å². The Bertz CT molecular complexity index is 528. The molecule has 0 amide bonds. The van der Waals surface area contributed by atoms with Gasteiger partial charge in [0.05, 0.1) is 4.47 Å². The minimum atomic E-state index is 0.648. The maximum Gasteiger partial charge on any atom is 0.180 e. The molecular formula is C12H13BrN4. The van der Waals surface area contributed by atoms with Gasteiger partial charge in [0.25, 0.3) is 0 Å². The molecular weight excluding hydrogens is 280 g/mol. The minimum absolute atomic E-state index is 0.648. The van der Waals surface area contributed by atoms with Crippen LogP contribution in [-0.2, 0) is 6.42 Å². The molecule has 5 heteroatoms. The van der Waals surface area contributed by atoms with E-state index in [4.69, 9.17) is 0 Å². The van der Waals surface area contributed by atoms with Crippen LogP contribution in [0.1, 0.15) is 12.5 Å². The number of aryl methyl sites for hydroxylation is 1. The van der Waals surface area contributed by atoms with E-state index in [1.54, 1.807) is 12.4 Å². The molecule has 0 saturated heterocycles. The summed E-state index contributed by atoms with van der Waals surface area (Å²) in [6.07, 6.45) is 4.42. The van der Waals surface area contributed by atoms with E-state index in [0.29, 0.717) is 5.82 Å². The van der Waals surface area contributed by atoms with Gasteiger partial charge in [-0.25, -0.2) is 9.97 Å². The van der Waals surface area contributed by atoms with Gasteiger partial charge in [-0.05, 0) is 34.0 Å². The molecule has 2 rings (SSSR count). The van der Waals surface area contributed by atoms with Crippen LogP contribution >= 0.6 is 15.9 Å². The van der Waals surface area contributed by atoms with Gasteiger partial charge >= 0.3 is 0 Å². The molecule has 0 bridgehead atoms. The molecule has 0 radical (unpaired) electrons. The lowest BCUT2D eigenvalue weighted by Crippen LogP contribution is -2.00. The van der Waals surface area contributed by atoms with Crippen molar-refractivity contribution in [1.82, 2.24) is 15.0 Å². The number of halogens is 1. The maximum absolute atomic E-state index is 4.44. The van der Waals surface area contributed by atoms with Crippen LogP contribution in [0.25, 0.3) is 11.5 Å². The average molecular weight is 293 g/mol. The van der Waals surface area contributed by atoms with Gasteiger partial charge in [0.2, 0.25) is 0 Å². The quantitative estimate of drug-likeness (QED) is 0.945. The first-order valence-electron chi connectivity index (χ1n) is 5.40.